The van der Waals surface area contributed by atoms with Crippen molar-refractivity contribution in [2.45, 2.75) is 147 Å². The van der Waals surface area contributed by atoms with E-state index in [9.17, 15) is 0 Å². The third kappa shape index (κ3) is 11.4. The molecule has 0 aromatic heterocycles. The van der Waals surface area contributed by atoms with Crippen molar-refractivity contribution in [2.75, 3.05) is 42.7 Å². The van der Waals surface area contributed by atoms with Gasteiger partial charge in [-0.25, -0.2) is 0 Å². The highest BCUT2D eigenvalue weighted by molar-refractivity contribution is 5.29. The van der Waals surface area contributed by atoms with Gasteiger partial charge in [0.1, 0.15) is 0 Å². The minimum absolute atomic E-state index is 0.787. The molecule has 2 atom stereocenters. The van der Waals surface area contributed by atoms with Gasteiger partial charge in [-0.2, -0.15) is 0 Å². The molecule has 2 rings (SSSR count). The standard InChI is InChI=1S/C33H62O6/c1-34-32(35-2,36-3)25-19-15-11-7-9-13-17-21-30-28-23-24-29(27-28)31(30)22-18-14-10-8-12-16-20-26-33(37-4,38-5)39-6/h28-29H,7-27H2,1-6H3. The molecule has 1 saturated carbocycles. The summed E-state index contributed by atoms with van der Waals surface area (Å²) in [7, 11) is 9.88. The van der Waals surface area contributed by atoms with Gasteiger partial charge >= 0.3 is 0 Å². The fraction of sp³-hybridized carbons (Fsp3) is 0.939. The molecule has 0 heterocycles. The van der Waals surface area contributed by atoms with Crippen LogP contribution in [0.3, 0.4) is 0 Å². The summed E-state index contributed by atoms with van der Waals surface area (Å²) in [4.78, 5) is 0. The van der Waals surface area contributed by atoms with Gasteiger partial charge in [-0.3, -0.25) is 0 Å². The summed E-state index contributed by atoms with van der Waals surface area (Å²) in [5.74, 6) is 0.149. The molecule has 0 N–H and O–H groups in total. The van der Waals surface area contributed by atoms with Gasteiger partial charge in [0.2, 0.25) is 0 Å². The second-order valence-corrected chi connectivity index (χ2v) is 11.8. The second kappa shape index (κ2) is 19.6. The zero-order valence-electron chi connectivity index (χ0n) is 26.5. The van der Waals surface area contributed by atoms with Crippen LogP contribution in [0.15, 0.2) is 11.1 Å². The zero-order valence-corrected chi connectivity index (χ0v) is 26.5. The maximum Gasteiger partial charge on any atom is 0.282 e. The fourth-order valence-corrected chi connectivity index (χ4v) is 7.06. The van der Waals surface area contributed by atoms with Crippen molar-refractivity contribution in [1.82, 2.24) is 0 Å². The summed E-state index contributed by atoms with van der Waals surface area (Å²) < 4.78 is 32.3. The van der Waals surface area contributed by atoms with Gasteiger partial charge in [-0.15, -0.1) is 0 Å². The lowest BCUT2D eigenvalue weighted by Gasteiger charge is -2.28. The van der Waals surface area contributed by atoms with E-state index in [1.807, 2.05) is 11.1 Å². The Morgan fingerprint density at radius 2 is 0.718 bits per heavy atom. The smallest absolute Gasteiger partial charge is 0.282 e. The Morgan fingerprint density at radius 3 is 1.03 bits per heavy atom. The monoisotopic (exact) mass is 554 g/mol. The predicted octanol–water partition coefficient (Wildman–Crippen LogP) is 8.92. The minimum atomic E-state index is -0.862. The first-order valence-corrected chi connectivity index (χ1v) is 16.0. The number of methoxy groups -OCH3 is 6. The van der Waals surface area contributed by atoms with E-state index >= 15 is 0 Å². The summed E-state index contributed by atoms with van der Waals surface area (Å²) in [6.07, 6.45) is 26.8. The molecule has 0 saturated heterocycles. The van der Waals surface area contributed by atoms with E-state index in [-0.39, 0.29) is 0 Å². The maximum atomic E-state index is 5.39. The van der Waals surface area contributed by atoms with Gasteiger partial charge in [0, 0.05) is 55.5 Å². The van der Waals surface area contributed by atoms with Crippen LogP contribution in [0, 0.1) is 11.8 Å². The first-order valence-electron chi connectivity index (χ1n) is 16.0. The summed E-state index contributed by atoms with van der Waals surface area (Å²) in [6.45, 7) is 0. The number of unbranched alkanes of at least 4 members (excludes halogenated alkanes) is 12. The fourth-order valence-electron chi connectivity index (χ4n) is 7.06. The predicted molar refractivity (Wildman–Crippen MR) is 158 cm³/mol. The third-order valence-corrected chi connectivity index (χ3v) is 9.55. The highest BCUT2D eigenvalue weighted by Gasteiger charge is 2.37. The molecule has 2 unspecified atom stereocenters. The van der Waals surface area contributed by atoms with E-state index in [0.29, 0.717) is 0 Å². The normalized spacial score (nSPS) is 19.5. The lowest BCUT2D eigenvalue weighted by atomic mass is 9.86. The Hall–Kier alpha value is -0.500. The van der Waals surface area contributed by atoms with Gasteiger partial charge in [0.15, 0.2) is 0 Å². The van der Waals surface area contributed by atoms with Crippen LogP contribution in [0.2, 0.25) is 0 Å². The van der Waals surface area contributed by atoms with Crippen molar-refractivity contribution in [1.29, 1.82) is 0 Å². The first-order chi connectivity index (χ1) is 19.0. The summed E-state index contributed by atoms with van der Waals surface area (Å²) >= 11 is 0. The van der Waals surface area contributed by atoms with E-state index in [1.165, 1.54) is 109 Å². The molecule has 0 aromatic rings. The molecule has 1 fully saturated rings. The van der Waals surface area contributed by atoms with Crippen molar-refractivity contribution in [3.63, 3.8) is 0 Å². The van der Waals surface area contributed by atoms with Crippen LogP contribution >= 0.6 is 0 Å². The van der Waals surface area contributed by atoms with E-state index in [2.05, 4.69) is 0 Å². The number of hydrogen-bond acceptors (Lipinski definition) is 6. The van der Waals surface area contributed by atoms with Crippen LogP contribution in [-0.2, 0) is 28.4 Å². The average molecular weight is 555 g/mol. The van der Waals surface area contributed by atoms with Crippen LogP contribution in [0.1, 0.15) is 135 Å². The molecule has 2 bridgehead atoms. The molecular weight excluding hydrogens is 492 g/mol. The number of fused-ring (bicyclic) bond motifs is 2. The molecule has 0 aromatic carbocycles. The molecule has 230 valence electrons. The Balaban J connectivity index is 1.53. The summed E-state index contributed by atoms with van der Waals surface area (Å²) in [5, 5.41) is 0. The van der Waals surface area contributed by atoms with Crippen molar-refractivity contribution in [2.24, 2.45) is 11.8 Å². The maximum absolute atomic E-state index is 5.39. The lowest BCUT2D eigenvalue weighted by Crippen LogP contribution is -2.35. The van der Waals surface area contributed by atoms with Gasteiger partial charge in [0.25, 0.3) is 11.9 Å². The van der Waals surface area contributed by atoms with Crippen molar-refractivity contribution in [3.05, 3.63) is 11.1 Å². The topological polar surface area (TPSA) is 55.4 Å². The number of allylic oxidation sites excluding steroid dienone is 2. The average Bonchev–Trinajstić information content (AvgIpc) is 3.58. The molecule has 39 heavy (non-hydrogen) atoms. The van der Waals surface area contributed by atoms with Gasteiger partial charge in [-0.1, -0.05) is 75.4 Å². The highest BCUT2D eigenvalue weighted by atomic mass is 16.9. The van der Waals surface area contributed by atoms with Crippen LogP contribution in [0.25, 0.3) is 0 Å². The van der Waals surface area contributed by atoms with Crippen molar-refractivity contribution >= 4 is 0 Å². The lowest BCUT2D eigenvalue weighted by molar-refractivity contribution is -0.355. The molecule has 2 aliphatic carbocycles. The molecule has 6 nitrogen and oxygen atoms in total. The molecule has 0 spiro atoms. The van der Waals surface area contributed by atoms with E-state index < -0.39 is 11.9 Å². The Kier molecular flexibility index (Phi) is 17.4. The van der Waals surface area contributed by atoms with Gasteiger partial charge in [-0.05, 0) is 69.6 Å². The van der Waals surface area contributed by atoms with E-state index in [1.54, 1.807) is 42.7 Å². The van der Waals surface area contributed by atoms with Crippen molar-refractivity contribution < 1.29 is 28.4 Å². The zero-order chi connectivity index (χ0) is 28.4. The number of hydrogen-bond donors (Lipinski definition) is 0. The molecule has 0 amide bonds. The third-order valence-electron chi connectivity index (χ3n) is 9.55. The molecule has 0 aliphatic heterocycles. The largest absolute Gasteiger partial charge is 0.331 e. The van der Waals surface area contributed by atoms with Crippen LogP contribution < -0.4 is 0 Å². The van der Waals surface area contributed by atoms with E-state index in [0.717, 1.165) is 37.5 Å². The van der Waals surface area contributed by atoms with Gasteiger partial charge in [0.05, 0.1) is 0 Å². The summed E-state index contributed by atoms with van der Waals surface area (Å²) in [6, 6.07) is 0. The quantitative estimate of drug-likeness (QED) is 0.0604. The molecular formula is C33H62O6. The van der Waals surface area contributed by atoms with E-state index in [4.69, 9.17) is 28.4 Å². The second-order valence-electron chi connectivity index (χ2n) is 11.8. The SMILES string of the molecule is COC(CCCCCCCCCC1=C(CCCCCCCCCC(OC)(OC)OC)C2CCC1C2)(OC)OC. The highest BCUT2D eigenvalue weighted by Crippen LogP contribution is 2.51. The Bertz CT molecular complexity index is 584. The number of ether oxygens (including phenoxy) is 6. The Labute approximate surface area is 240 Å². The number of rotatable bonds is 26. The molecule has 2 aliphatic rings. The summed E-state index contributed by atoms with van der Waals surface area (Å²) in [5.41, 5.74) is 3.80. The van der Waals surface area contributed by atoms with Crippen LogP contribution in [-0.4, -0.2) is 54.6 Å². The molecule has 6 heteroatoms. The minimum Gasteiger partial charge on any atom is -0.331 e. The first kappa shape index (κ1) is 34.7. The van der Waals surface area contributed by atoms with Crippen LogP contribution in [0.5, 0.6) is 0 Å². The Morgan fingerprint density at radius 1 is 0.436 bits per heavy atom. The molecule has 0 radical (unpaired) electrons. The van der Waals surface area contributed by atoms with Crippen molar-refractivity contribution in [3.8, 4) is 0 Å². The van der Waals surface area contributed by atoms with Gasteiger partial charge < -0.3 is 28.4 Å². The van der Waals surface area contributed by atoms with Crippen LogP contribution in [0.4, 0.5) is 0 Å².